The first-order valence-electron chi connectivity index (χ1n) is 6.62. The van der Waals surface area contributed by atoms with Gasteiger partial charge in [0, 0.05) is 18.6 Å². The molecule has 0 bridgehead atoms. The number of nitrogens with zero attached hydrogens (tertiary/aromatic N) is 3. The summed E-state index contributed by atoms with van der Waals surface area (Å²) in [7, 11) is 0. The molecular weight excluding hydrogens is 228 g/mol. The zero-order valence-corrected chi connectivity index (χ0v) is 12.0. The Morgan fingerprint density at radius 2 is 2.06 bits per heavy atom. The predicted octanol–water partition coefficient (Wildman–Crippen LogP) is 1.34. The number of aliphatic hydroxyl groups is 1. The standard InChI is InChI=1S/C13H26N4O/c1-10(2)5-6-12-11(7-14)15-16-17(12)8-13(3,4)9-18/h10,18H,5-9,14H2,1-4H3. The second kappa shape index (κ2) is 6.29. The van der Waals surface area contributed by atoms with Gasteiger partial charge in [-0.15, -0.1) is 5.10 Å². The van der Waals surface area contributed by atoms with Crippen LogP contribution < -0.4 is 5.73 Å². The van der Waals surface area contributed by atoms with E-state index in [4.69, 9.17) is 5.73 Å². The Bertz CT molecular complexity index is 371. The molecule has 0 saturated heterocycles. The van der Waals surface area contributed by atoms with Crippen LogP contribution in [0.1, 0.15) is 45.5 Å². The van der Waals surface area contributed by atoms with Crippen LogP contribution >= 0.6 is 0 Å². The largest absolute Gasteiger partial charge is 0.396 e. The van der Waals surface area contributed by atoms with Crippen LogP contribution in [0.4, 0.5) is 0 Å². The lowest BCUT2D eigenvalue weighted by Crippen LogP contribution is -2.26. The van der Waals surface area contributed by atoms with Crippen molar-refractivity contribution in [3.8, 4) is 0 Å². The Balaban J connectivity index is 2.87. The van der Waals surface area contributed by atoms with Gasteiger partial charge in [0.2, 0.25) is 0 Å². The zero-order valence-electron chi connectivity index (χ0n) is 12.0. The van der Waals surface area contributed by atoms with Crippen molar-refractivity contribution in [3.05, 3.63) is 11.4 Å². The van der Waals surface area contributed by atoms with E-state index in [1.807, 2.05) is 18.5 Å². The molecule has 0 aliphatic heterocycles. The lowest BCUT2D eigenvalue weighted by Gasteiger charge is -2.22. The van der Waals surface area contributed by atoms with Gasteiger partial charge < -0.3 is 10.8 Å². The van der Waals surface area contributed by atoms with E-state index in [0.717, 1.165) is 24.2 Å². The van der Waals surface area contributed by atoms with E-state index in [1.54, 1.807) is 0 Å². The molecule has 0 radical (unpaired) electrons. The lowest BCUT2D eigenvalue weighted by atomic mass is 9.94. The maximum atomic E-state index is 9.34. The third-order valence-electron chi connectivity index (χ3n) is 3.08. The van der Waals surface area contributed by atoms with Crippen LogP contribution in [-0.4, -0.2) is 26.7 Å². The topological polar surface area (TPSA) is 77.0 Å². The van der Waals surface area contributed by atoms with Crippen LogP contribution in [0, 0.1) is 11.3 Å². The summed E-state index contributed by atoms with van der Waals surface area (Å²) < 4.78 is 1.90. The molecule has 0 unspecified atom stereocenters. The maximum Gasteiger partial charge on any atom is 0.0994 e. The van der Waals surface area contributed by atoms with Crippen molar-refractivity contribution in [1.29, 1.82) is 0 Å². The molecule has 5 nitrogen and oxygen atoms in total. The fraction of sp³-hybridized carbons (Fsp3) is 0.846. The van der Waals surface area contributed by atoms with Crippen LogP contribution in [0.3, 0.4) is 0 Å². The molecule has 1 heterocycles. The fourth-order valence-corrected chi connectivity index (χ4v) is 1.81. The SMILES string of the molecule is CC(C)CCc1c(CN)nnn1CC(C)(C)CO. The molecule has 1 aromatic heterocycles. The van der Waals surface area contributed by atoms with Crippen LogP contribution in [0.5, 0.6) is 0 Å². The van der Waals surface area contributed by atoms with Gasteiger partial charge in [0.05, 0.1) is 17.9 Å². The minimum absolute atomic E-state index is 0.133. The first kappa shape index (κ1) is 15.1. The smallest absolute Gasteiger partial charge is 0.0994 e. The molecule has 0 atom stereocenters. The highest BCUT2D eigenvalue weighted by molar-refractivity contribution is 5.10. The summed E-state index contributed by atoms with van der Waals surface area (Å²) >= 11 is 0. The number of aromatic nitrogens is 3. The van der Waals surface area contributed by atoms with Crippen LogP contribution in [0.2, 0.25) is 0 Å². The summed E-state index contributed by atoms with van der Waals surface area (Å²) in [5.74, 6) is 0.643. The molecular formula is C13H26N4O. The average molecular weight is 254 g/mol. The van der Waals surface area contributed by atoms with Gasteiger partial charge in [-0.1, -0.05) is 32.9 Å². The Labute approximate surface area is 109 Å². The van der Waals surface area contributed by atoms with Gasteiger partial charge in [-0.05, 0) is 18.8 Å². The number of hydrogen-bond donors (Lipinski definition) is 2. The second-order valence-electron chi connectivity index (χ2n) is 6.10. The summed E-state index contributed by atoms with van der Waals surface area (Å²) in [6.07, 6.45) is 2.04. The van der Waals surface area contributed by atoms with Gasteiger partial charge in [-0.3, -0.25) is 0 Å². The Morgan fingerprint density at radius 1 is 1.39 bits per heavy atom. The molecule has 0 aliphatic carbocycles. The minimum Gasteiger partial charge on any atom is -0.396 e. The lowest BCUT2D eigenvalue weighted by molar-refractivity contribution is 0.134. The summed E-state index contributed by atoms with van der Waals surface area (Å²) in [5.41, 5.74) is 7.51. The zero-order chi connectivity index (χ0) is 13.8. The van der Waals surface area contributed by atoms with E-state index in [9.17, 15) is 5.11 Å². The van der Waals surface area contributed by atoms with Gasteiger partial charge in [-0.2, -0.15) is 0 Å². The van der Waals surface area contributed by atoms with E-state index in [-0.39, 0.29) is 12.0 Å². The molecule has 0 saturated carbocycles. The first-order chi connectivity index (χ1) is 8.39. The van der Waals surface area contributed by atoms with Crippen molar-refractivity contribution in [2.75, 3.05) is 6.61 Å². The van der Waals surface area contributed by atoms with Gasteiger partial charge in [0.1, 0.15) is 0 Å². The van der Waals surface area contributed by atoms with E-state index < -0.39 is 0 Å². The molecule has 1 aromatic rings. The van der Waals surface area contributed by atoms with Crippen molar-refractivity contribution in [1.82, 2.24) is 15.0 Å². The van der Waals surface area contributed by atoms with Crippen molar-refractivity contribution in [3.63, 3.8) is 0 Å². The third kappa shape index (κ3) is 4.07. The summed E-state index contributed by atoms with van der Waals surface area (Å²) in [6.45, 7) is 9.67. The summed E-state index contributed by atoms with van der Waals surface area (Å²) in [4.78, 5) is 0. The molecule has 0 fully saturated rings. The van der Waals surface area contributed by atoms with E-state index in [2.05, 4.69) is 24.2 Å². The number of nitrogens with two attached hydrogens (primary N) is 1. The first-order valence-corrected chi connectivity index (χ1v) is 6.62. The van der Waals surface area contributed by atoms with Crippen molar-refractivity contribution in [2.45, 2.75) is 53.6 Å². The molecule has 0 aliphatic rings. The van der Waals surface area contributed by atoms with E-state index >= 15 is 0 Å². The Morgan fingerprint density at radius 3 is 2.56 bits per heavy atom. The summed E-state index contributed by atoms with van der Waals surface area (Å²) in [5, 5.41) is 17.7. The highest BCUT2D eigenvalue weighted by atomic mass is 16.3. The van der Waals surface area contributed by atoms with Crippen molar-refractivity contribution in [2.24, 2.45) is 17.1 Å². The molecule has 104 valence electrons. The maximum absolute atomic E-state index is 9.34. The van der Waals surface area contributed by atoms with Gasteiger partial charge in [-0.25, -0.2) is 4.68 Å². The molecule has 0 spiro atoms. The van der Waals surface area contributed by atoms with Gasteiger partial charge >= 0.3 is 0 Å². The van der Waals surface area contributed by atoms with Crippen LogP contribution in [0.15, 0.2) is 0 Å². The minimum atomic E-state index is -0.188. The molecule has 18 heavy (non-hydrogen) atoms. The van der Waals surface area contributed by atoms with Gasteiger partial charge in [0.25, 0.3) is 0 Å². The normalized spacial score (nSPS) is 12.4. The molecule has 5 heteroatoms. The van der Waals surface area contributed by atoms with E-state index in [1.165, 1.54) is 0 Å². The van der Waals surface area contributed by atoms with Crippen molar-refractivity contribution >= 4 is 0 Å². The Hall–Kier alpha value is -0.940. The highest BCUT2D eigenvalue weighted by Crippen LogP contribution is 2.20. The van der Waals surface area contributed by atoms with Crippen molar-refractivity contribution < 1.29 is 5.11 Å². The molecule has 1 rings (SSSR count). The third-order valence-corrected chi connectivity index (χ3v) is 3.08. The number of rotatable bonds is 7. The highest BCUT2D eigenvalue weighted by Gasteiger charge is 2.21. The summed E-state index contributed by atoms with van der Waals surface area (Å²) in [6, 6.07) is 0. The van der Waals surface area contributed by atoms with Crippen LogP contribution in [0.25, 0.3) is 0 Å². The number of hydrogen-bond acceptors (Lipinski definition) is 4. The fourth-order valence-electron chi connectivity index (χ4n) is 1.81. The van der Waals surface area contributed by atoms with Gasteiger partial charge in [0.15, 0.2) is 0 Å². The average Bonchev–Trinajstić information content (AvgIpc) is 2.68. The molecule has 3 N–H and O–H groups in total. The van der Waals surface area contributed by atoms with E-state index in [0.29, 0.717) is 19.0 Å². The second-order valence-corrected chi connectivity index (χ2v) is 6.10. The number of aliphatic hydroxyl groups excluding tert-OH is 1. The Kier molecular flexibility index (Phi) is 5.28. The quantitative estimate of drug-likeness (QED) is 0.770. The van der Waals surface area contributed by atoms with Crippen LogP contribution in [-0.2, 0) is 19.5 Å². The molecule has 0 amide bonds. The molecule has 0 aromatic carbocycles. The predicted molar refractivity (Wildman–Crippen MR) is 71.9 cm³/mol. The monoisotopic (exact) mass is 254 g/mol.